The molecule has 1 fully saturated rings. The van der Waals surface area contributed by atoms with Crippen molar-refractivity contribution in [1.82, 2.24) is 10.2 Å². The minimum Gasteiger partial charge on any atom is -0.483 e. The van der Waals surface area contributed by atoms with E-state index < -0.39 is 6.04 Å². The summed E-state index contributed by atoms with van der Waals surface area (Å²) >= 11 is 0. The highest BCUT2D eigenvalue weighted by Crippen LogP contribution is 2.21. The summed E-state index contributed by atoms with van der Waals surface area (Å²) in [5.41, 5.74) is 2.83. The predicted molar refractivity (Wildman–Crippen MR) is 123 cm³/mol. The molecule has 1 atom stereocenters. The van der Waals surface area contributed by atoms with E-state index in [4.69, 9.17) is 4.74 Å². The number of hydrogen-bond acceptors (Lipinski definition) is 3. The Morgan fingerprint density at radius 2 is 1.81 bits per heavy atom. The lowest BCUT2D eigenvalue weighted by Crippen LogP contribution is -2.52. The number of hydrogen-bond donors (Lipinski definition) is 1. The number of amides is 2. The maximum Gasteiger partial charge on any atom is 0.261 e. The van der Waals surface area contributed by atoms with Crippen molar-refractivity contribution in [3.05, 3.63) is 65.0 Å². The minimum absolute atomic E-state index is 0.138. The summed E-state index contributed by atoms with van der Waals surface area (Å²) in [4.78, 5) is 27.9. The third kappa shape index (κ3) is 6.31. The molecule has 172 valence electrons. The van der Waals surface area contributed by atoms with Crippen molar-refractivity contribution in [3.8, 4) is 5.75 Å². The molecular weight excluding hydrogens is 407 g/mol. The fourth-order valence-corrected chi connectivity index (χ4v) is 4.26. The van der Waals surface area contributed by atoms with Crippen molar-refractivity contribution in [2.24, 2.45) is 0 Å². The van der Waals surface area contributed by atoms with Gasteiger partial charge in [0, 0.05) is 12.6 Å². The molecule has 1 unspecified atom stereocenters. The zero-order chi connectivity index (χ0) is 23.1. The van der Waals surface area contributed by atoms with Gasteiger partial charge in [0.1, 0.15) is 17.6 Å². The Morgan fingerprint density at radius 3 is 2.44 bits per heavy atom. The smallest absolute Gasteiger partial charge is 0.261 e. The number of rotatable bonds is 9. The van der Waals surface area contributed by atoms with Crippen LogP contribution in [0.1, 0.15) is 55.7 Å². The first-order chi connectivity index (χ1) is 15.4. The van der Waals surface area contributed by atoms with E-state index in [2.05, 4.69) is 5.32 Å². The number of nitrogens with zero attached hydrogens (tertiary/aromatic N) is 1. The van der Waals surface area contributed by atoms with Crippen molar-refractivity contribution in [3.63, 3.8) is 0 Å². The fourth-order valence-electron chi connectivity index (χ4n) is 4.26. The first kappa shape index (κ1) is 23.8. The molecule has 1 aliphatic rings. The summed E-state index contributed by atoms with van der Waals surface area (Å²) in [6, 6.07) is 11.4. The molecule has 2 aromatic rings. The minimum atomic E-state index is -0.615. The molecule has 0 radical (unpaired) electrons. The van der Waals surface area contributed by atoms with Gasteiger partial charge < -0.3 is 15.0 Å². The van der Waals surface area contributed by atoms with E-state index in [1.807, 2.05) is 39.0 Å². The number of carbonyl (C=O) groups is 2. The molecule has 0 saturated heterocycles. The predicted octanol–water partition coefficient (Wildman–Crippen LogP) is 4.69. The van der Waals surface area contributed by atoms with E-state index in [0.717, 1.165) is 42.4 Å². The maximum absolute atomic E-state index is 13.4. The van der Waals surface area contributed by atoms with Crippen molar-refractivity contribution in [2.75, 3.05) is 6.61 Å². The molecule has 0 aromatic heterocycles. The highest BCUT2D eigenvalue weighted by Gasteiger charge is 2.30. The standard InChI is InChI=1S/C26H33FN2O3/c1-4-23(26(31)28-22-7-5-6-8-22)29(16-20-10-12-21(27)13-11-20)25(30)17-32-24-14-9-18(2)15-19(24)3/h9-15,22-23H,4-8,16-17H2,1-3H3,(H,28,31). The van der Waals surface area contributed by atoms with Gasteiger partial charge in [-0.1, -0.05) is 49.6 Å². The molecule has 1 aliphatic carbocycles. The number of carbonyl (C=O) groups excluding carboxylic acids is 2. The Hall–Kier alpha value is -2.89. The topological polar surface area (TPSA) is 58.6 Å². The number of ether oxygens (including phenoxy) is 1. The molecule has 5 nitrogen and oxygen atoms in total. The SMILES string of the molecule is CCC(C(=O)NC1CCCC1)N(Cc1ccc(F)cc1)C(=O)COc1ccc(C)cc1C. The van der Waals surface area contributed by atoms with Crippen LogP contribution >= 0.6 is 0 Å². The van der Waals surface area contributed by atoms with Gasteiger partial charge in [0.05, 0.1) is 0 Å². The van der Waals surface area contributed by atoms with Gasteiger partial charge in [-0.2, -0.15) is 0 Å². The lowest BCUT2D eigenvalue weighted by molar-refractivity contribution is -0.143. The molecule has 0 heterocycles. The Morgan fingerprint density at radius 1 is 1.12 bits per heavy atom. The van der Waals surface area contributed by atoms with Gasteiger partial charge >= 0.3 is 0 Å². The van der Waals surface area contributed by atoms with E-state index in [-0.39, 0.29) is 36.8 Å². The second kappa shape index (κ2) is 11.1. The monoisotopic (exact) mass is 440 g/mol. The van der Waals surface area contributed by atoms with Gasteiger partial charge in [-0.05, 0) is 62.4 Å². The molecule has 3 rings (SSSR count). The van der Waals surface area contributed by atoms with Crippen LogP contribution in [0.5, 0.6) is 5.75 Å². The molecule has 1 saturated carbocycles. The largest absolute Gasteiger partial charge is 0.483 e. The second-order valence-corrected chi connectivity index (χ2v) is 8.62. The summed E-state index contributed by atoms with van der Waals surface area (Å²) in [5.74, 6) is -0.103. The highest BCUT2D eigenvalue weighted by atomic mass is 19.1. The van der Waals surface area contributed by atoms with Gasteiger partial charge in [-0.25, -0.2) is 4.39 Å². The van der Waals surface area contributed by atoms with E-state index in [9.17, 15) is 14.0 Å². The van der Waals surface area contributed by atoms with E-state index in [1.54, 1.807) is 17.0 Å². The van der Waals surface area contributed by atoms with Crippen LogP contribution in [0.4, 0.5) is 4.39 Å². The lowest BCUT2D eigenvalue weighted by atomic mass is 10.1. The number of nitrogens with one attached hydrogen (secondary N) is 1. The highest BCUT2D eigenvalue weighted by molar-refractivity contribution is 5.88. The number of aryl methyl sites for hydroxylation is 2. The summed E-state index contributed by atoms with van der Waals surface area (Å²) < 4.78 is 19.2. The summed E-state index contributed by atoms with van der Waals surface area (Å²) in [5, 5.41) is 3.12. The van der Waals surface area contributed by atoms with Crippen LogP contribution in [0, 0.1) is 19.7 Å². The zero-order valence-corrected chi connectivity index (χ0v) is 19.2. The average molecular weight is 441 g/mol. The fraction of sp³-hybridized carbons (Fsp3) is 0.462. The maximum atomic E-state index is 13.4. The van der Waals surface area contributed by atoms with Gasteiger partial charge in [-0.15, -0.1) is 0 Å². The Labute approximate surface area is 190 Å². The quantitative estimate of drug-likeness (QED) is 0.616. The number of benzene rings is 2. The lowest BCUT2D eigenvalue weighted by Gasteiger charge is -2.31. The van der Waals surface area contributed by atoms with Gasteiger partial charge in [0.2, 0.25) is 5.91 Å². The molecule has 6 heteroatoms. The number of halogens is 1. The summed E-state index contributed by atoms with van der Waals surface area (Å²) in [7, 11) is 0. The van der Waals surface area contributed by atoms with Crippen LogP contribution in [0.25, 0.3) is 0 Å². The van der Waals surface area contributed by atoms with E-state index >= 15 is 0 Å². The average Bonchev–Trinajstić information content (AvgIpc) is 3.27. The molecule has 0 bridgehead atoms. The van der Waals surface area contributed by atoms with E-state index in [1.165, 1.54) is 12.1 Å². The van der Waals surface area contributed by atoms with Crippen LogP contribution < -0.4 is 10.1 Å². The molecule has 1 N–H and O–H groups in total. The Balaban J connectivity index is 1.76. The molecule has 0 spiro atoms. The molecule has 32 heavy (non-hydrogen) atoms. The molecule has 0 aliphatic heterocycles. The zero-order valence-electron chi connectivity index (χ0n) is 19.2. The van der Waals surface area contributed by atoms with Crippen molar-refractivity contribution < 1.29 is 18.7 Å². The van der Waals surface area contributed by atoms with Gasteiger partial charge in [-0.3, -0.25) is 9.59 Å². The Kier molecular flexibility index (Phi) is 8.26. The van der Waals surface area contributed by atoms with Crippen LogP contribution in [-0.2, 0) is 16.1 Å². The van der Waals surface area contributed by atoms with Crippen LogP contribution in [-0.4, -0.2) is 35.4 Å². The first-order valence-electron chi connectivity index (χ1n) is 11.4. The first-order valence-corrected chi connectivity index (χ1v) is 11.4. The summed E-state index contributed by atoms with van der Waals surface area (Å²) in [6.45, 7) is 5.88. The van der Waals surface area contributed by atoms with Gasteiger partial charge in [0.25, 0.3) is 5.91 Å². The normalized spacial score (nSPS) is 14.8. The summed E-state index contributed by atoms with van der Waals surface area (Å²) in [6.07, 6.45) is 4.66. The molecular formula is C26H33FN2O3. The Bertz CT molecular complexity index is 923. The van der Waals surface area contributed by atoms with Crippen LogP contribution in [0.15, 0.2) is 42.5 Å². The van der Waals surface area contributed by atoms with Crippen LogP contribution in [0.2, 0.25) is 0 Å². The van der Waals surface area contributed by atoms with Gasteiger partial charge in [0.15, 0.2) is 6.61 Å². The third-order valence-corrected chi connectivity index (χ3v) is 6.04. The second-order valence-electron chi connectivity index (χ2n) is 8.62. The molecule has 2 amide bonds. The van der Waals surface area contributed by atoms with E-state index in [0.29, 0.717) is 12.2 Å². The van der Waals surface area contributed by atoms with Crippen LogP contribution in [0.3, 0.4) is 0 Å². The van der Waals surface area contributed by atoms with Crippen molar-refractivity contribution >= 4 is 11.8 Å². The van der Waals surface area contributed by atoms with Crippen molar-refractivity contribution in [1.29, 1.82) is 0 Å². The van der Waals surface area contributed by atoms with Crippen molar-refractivity contribution in [2.45, 2.75) is 71.5 Å². The molecule has 2 aromatic carbocycles. The third-order valence-electron chi connectivity index (χ3n) is 6.04.